The molecule has 0 fully saturated rings. The highest BCUT2D eigenvalue weighted by molar-refractivity contribution is 6.01. The van der Waals surface area contributed by atoms with E-state index in [9.17, 15) is 23.2 Å². The molecule has 2 aromatic rings. The molecule has 1 aromatic heterocycles. The second-order valence-electron chi connectivity index (χ2n) is 6.40. The van der Waals surface area contributed by atoms with Gasteiger partial charge in [0.15, 0.2) is 18.3 Å². The number of hydrogen-bond acceptors (Lipinski definition) is 6. The van der Waals surface area contributed by atoms with E-state index in [-0.39, 0.29) is 21.7 Å². The quantitative estimate of drug-likeness (QED) is 0.594. The van der Waals surface area contributed by atoms with Crippen LogP contribution < -0.4 is 15.8 Å². The molecule has 29 heavy (non-hydrogen) atoms. The summed E-state index contributed by atoms with van der Waals surface area (Å²) in [4.78, 5) is 15.9. The second kappa shape index (κ2) is 6.97. The summed E-state index contributed by atoms with van der Waals surface area (Å²) in [6.45, 7) is -0.0884. The number of hydrogen-bond donors (Lipinski definition) is 2. The van der Waals surface area contributed by atoms with Gasteiger partial charge in [0.25, 0.3) is 11.7 Å². The standard InChI is InChI=1S/C18H14F3N5O3/c1-17(18(20,21)9-29-16(23)25-17)12-6-11(3-4-13(12)19)24-15(27)14-5-2-10(7-22)8-26(14)28/h2-6,8H,9H2,1H3,(H2,23,25)(H,24,27). The van der Waals surface area contributed by atoms with Crippen molar-refractivity contribution in [3.63, 3.8) is 0 Å². The van der Waals surface area contributed by atoms with Crippen LogP contribution in [0.5, 0.6) is 0 Å². The van der Waals surface area contributed by atoms with Crippen LogP contribution >= 0.6 is 0 Å². The van der Waals surface area contributed by atoms with Crippen molar-refractivity contribution in [3.8, 4) is 6.07 Å². The maximum Gasteiger partial charge on any atom is 0.321 e. The summed E-state index contributed by atoms with van der Waals surface area (Å²) in [5.41, 5.74) is 2.17. The number of ether oxygens (including phenoxy) is 1. The van der Waals surface area contributed by atoms with Crippen molar-refractivity contribution in [1.29, 1.82) is 5.26 Å². The van der Waals surface area contributed by atoms with Crippen LogP contribution in [0.15, 0.2) is 41.5 Å². The summed E-state index contributed by atoms with van der Waals surface area (Å²) in [6, 6.07) is 6.64. The van der Waals surface area contributed by atoms with Gasteiger partial charge in [0.05, 0.1) is 0 Å². The Kier molecular flexibility index (Phi) is 4.79. The van der Waals surface area contributed by atoms with Crippen molar-refractivity contribution in [2.45, 2.75) is 18.4 Å². The van der Waals surface area contributed by atoms with Crippen LogP contribution in [0.25, 0.3) is 0 Å². The number of amides is 1. The molecule has 0 saturated heterocycles. The van der Waals surface area contributed by atoms with E-state index < -0.39 is 41.4 Å². The number of aliphatic imine (C=N–C) groups is 1. The lowest BCUT2D eigenvalue weighted by atomic mass is 9.85. The molecule has 3 N–H and O–H groups in total. The van der Waals surface area contributed by atoms with Crippen LogP contribution in [0.2, 0.25) is 0 Å². The van der Waals surface area contributed by atoms with Gasteiger partial charge in [0, 0.05) is 17.3 Å². The highest BCUT2D eigenvalue weighted by Gasteiger charge is 2.56. The normalized spacial score (nSPS) is 20.2. The average Bonchev–Trinajstić information content (AvgIpc) is 2.66. The number of nitrogens with one attached hydrogen (secondary N) is 1. The molecule has 0 radical (unpaired) electrons. The lowest BCUT2D eigenvalue weighted by Gasteiger charge is -2.37. The van der Waals surface area contributed by atoms with Gasteiger partial charge in [-0.1, -0.05) is 0 Å². The Balaban J connectivity index is 1.97. The topological polar surface area (TPSA) is 127 Å². The van der Waals surface area contributed by atoms with Gasteiger partial charge in [0.1, 0.15) is 17.4 Å². The molecule has 0 aliphatic carbocycles. The summed E-state index contributed by atoms with van der Waals surface area (Å²) in [7, 11) is 0. The molecule has 1 amide bonds. The third-order valence-corrected chi connectivity index (χ3v) is 4.47. The second-order valence-corrected chi connectivity index (χ2v) is 6.40. The Bertz CT molecular complexity index is 1070. The molecule has 11 heteroatoms. The van der Waals surface area contributed by atoms with Crippen LogP contribution in [0.3, 0.4) is 0 Å². The molecule has 3 rings (SSSR count). The Labute approximate surface area is 162 Å². The molecule has 1 aliphatic heterocycles. The Morgan fingerprint density at radius 1 is 1.41 bits per heavy atom. The number of nitrogens with zero attached hydrogens (tertiary/aromatic N) is 3. The van der Waals surface area contributed by atoms with Crippen LogP contribution in [-0.2, 0) is 10.3 Å². The predicted octanol–water partition coefficient (Wildman–Crippen LogP) is 1.78. The Morgan fingerprint density at radius 3 is 2.79 bits per heavy atom. The van der Waals surface area contributed by atoms with E-state index in [0.717, 1.165) is 37.4 Å². The average molecular weight is 405 g/mol. The van der Waals surface area contributed by atoms with E-state index >= 15 is 0 Å². The van der Waals surface area contributed by atoms with Gasteiger partial charge in [-0.05, 0) is 31.2 Å². The highest BCUT2D eigenvalue weighted by atomic mass is 19.3. The van der Waals surface area contributed by atoms with Crippen LogP contribution in [0.1, 0.15) is 28.5 Å². The molecular formula is C18H14F3N5O3. The highest BCUT2D eigenvalue weighted by Crippen LogP contribution is 2.44. The van der Waals surface area contributed by atoms with E-state index in [1.165, 1.54) is 6.07 Å². The molecule has 1 aromatic carbocycles. The van der Waals surface area contributed by atoms with E-state index in [1.807, 2.05) is 0 Å². The third kappa shape index (κ3) is 3.52. The fraction of sp³-hybridized carbons (Fsp3) is 0.222. The fourth-order valence-electron chi connectivity index (χ4n) is 2.79. The fourth-order valence-corrected chi connectivity index (χ4v) is 2.79. The first kappa shape index (κ1) is 19.9. The van der Waals surface area contributed by atoms with Crippen molar-refractivity contribution in [2.24, 2.45) is 10.7 Å². The Hall–Kier alpha value is -3.81. The number of pyridine rings is 1. The lowest BCUT2D eigenvalue weighted by molar-refractivity contribution is -0.607. The summed E-state index contributed by atoms with van der Waals surface area (Å²) in [6.07, 6.45) is 0.909. The monoisotopic (exact) mass is 405 g/mol. The number of anilines is 1. The van der Waals surface area contributed by atoms with Crippen LogP contribution in [0, 0.1) is 22.4 Å². The van der Waals surface area contributed by atoms with Crippen molar-refractivity contribution >= 4 is 17.6 Å². The van der Waals surface area contributed by atoms with E-state index in [2.05, 4.69) is 15.0 Å². The molecule has 2 heterocycles. The van der Waals surface area contributed by atoms with Gasteiger partial charge in [0.2, 0.25) is 0 Å². The molecule has 0 spiro atoms. The minimum Gasteiger partial charge on any atom is -0.618 e. The van der Waals surface area contributed by atoms with Crippen molar-refractivity contribution in [2.75, 3.05) is 11.9 Å². The first-order valence-electron chi connectivity index (χ1n) is 8.18. The minimum absolute atomic E-state index is 0.0470. The van der Waals surface area contributed by atoms with Gasteiger partial charge >= 0.3 is 11.8 Å². The largest absolute Gasteiger partial charge is 0.618 e. The number of nitriles is 1. The maximum absolute atomic E-state index is 14.5. The summed E-state index contributed by atoms with van der Waals surface area (Å²) in [5, 5.41) is 23.0. The van der Waals surface area contributed by atoms with Crippen LogP contribution in [-0.4, -0.2) is 24.5 Å². The van der Waals surface area contributed by atoms with Gasteiger partial charge in [-0.25, -0.2) is 9.38 Å². The van der Waals surface area contributed by atoms with Gasteiger partial charge in [-0.15, -0.1) is 0 Å². The third-order valence-electron chi connectivity index (χ3n) is 4.47. The summed E-state index contributed by atoms with van der Waals surface area (Å²) < 4.78 is 48.1. The van der Waals surface area contributed by atoms with E-state index in [1.54, 1.807) is 6.07 Å². The number of aromatic nitrogens is 1. The number of halogens is 3. The van der Waals surface area contributed by atoms with E-state index in [4.69, 9.17) is 11.0 Å². The zero-order chi connectivity index (χ0) is 21.4. The maximum atomic E-state index is 14.5. The number of nitrogens with two attached hydrogens (primary N) is 1. The summed E-state index contributed by atoms with van der Waals surface area (Å²) >= 11 is 0. The Morgan fingerprint density at radius 2 is 2.14 bits per heavy atom. The summed E-state index contributed by atoms with van der Waals surface area (Å²) in [5.74, 6) is -5.44. The van der Waals surface area contributed by atoms with Crippen molar-refractivity contribution in [3.05, 3.63) is 64.4 Å². The molecule has 150 valence electrons. The van der Waals surface area contributed by atoms with Crippen LogP contribution in [0.4, 0.5) is 18.9 Å². The first-order valence-corrected chi connectivity index (χ1v) is 8.18. The zero-order valence-corrected chi connectivity index (χ0v) is 14.9. The molecular weight excluding hydrogens is 391 g/mol. The molecule has 0 bridgehead atoms. The molecule has 1 aliphatic rings. The molecule has 8 nitrogen and oxygen atoms in total. The predicted molar refractivity (Wildman–Crippen MR) is 94.3 cm³/mol. The van der Waals surface area contributed by atoms with E-state index in [0.29, 0.717) is 0 Å². The number of amidine groups is 1. The number of carbonyl (C=O) groups is 1. The van der Waals surface area contributed by atoms with Gasteiger partial charge in [-0.3, -0.25) is 4.79 Å². The van der Waals surface area contributed by atoms with Gasteiger partial charge < -0.3 is 21.0 Å². The number of rotatable bonds is 3. The zero-order valence-electron chi connectivity index (χ0n) is 14.9. The lowest BCUT2D eigenvalue weighted by Crippen LogP contribution is -2.51. The molecule has 1 unspecified atom stereocenters. The number of carbonyl (C=O) groups excluding carboxylic acids is 1. The number of benzene rings is 1. The van der Waals surface area contributed by atoms with Crippen molar-refractivity contribution in [1.82, 2.24) is 0 Å². The molecule has 0 saturated carbocycles. The van der Waals surface area contributed by atoms with Crippen molar-refractivity contribution < 1.29 is 27.4 Å². The van der Waals surface area contributed by atoms with Gasteiger partial charge in [-0.2, -0.15) is 18.8 Å². The molecule has 1 atom stereocenters. The smallest absolute Gasteiger partial charge is 0.321 e. The SMILES string of the molecule is CC1(c2cc(NC(=O)c3ccc(C#N)c[n+]3[O-])ccc2F)N=C(N)OCC1(F)F. The minimum atomic E-state index is -3.58. The number of alkyl halides is 2. The first-order chi connectivity index (χ1) is 13.6.